The Morgan fingerprint density at radius 1 is 1.25 bits per heavy atom. The molecule has 0 aliphatic heterocycles. The van der Waals surface area contributed by atoms with E-state index < -0.39 is 0 Å². The maximum absolute atomic E-state index is 9.80. The molecule has 108 valence electrons. The zero-order valence-corrected chi connectivity index (χ0v) is 12.2. The van der Waals surface area contributed by atoms with Crippen molar-refractivity contribution in [1.29, 1.82) is 0 Å². The standard InChI is InChI=1S/C16H23N3O/c1-13(2)8-16(20)11-17-9-14-10-18-19(12-14)15-6-4-3-5-7-15/h3-7,10,12-13,16-17,20H,8-9,11H2,1-2H3. The highest BCUT2D eigenvalue weighted by molar-refractivity contribution is 5.30. The van der Waals surface area contributed by atoms with Gasteiger partial charge >= 0.3 is 0 Å². The largest absolute Gasteiger partial charge is 0.392 e. The molecule has 0 aliphatic rings. The van der Waals surface area contributed by atoms with Crippen molar-refractivity contribution in [2.75, 3.05) is 6.54 Å². The van der Waals surface area contributed by atoms with Crippen molar-refractivity contribution in [3.63, 3.8) is 0 Å². The number of nitrogens with one attached hydrogen (secondary N) is 1. The molecule has 2 N–H and O–H groups in total. The number of hydrogen-bond donors (Lipinski definition) is 2. The van der Waals surface area contributed by atoms with Crippen molar-refractivity contribution in [3.8, 4) is 5.69 Å². The van der Waals surface area contributed by atoms with Gasteiger partial charge in [-0.1, -0.05) is 32.0 Å². The van der Waals surface area contributed by atoms with Gasteiger partial charge < -0.3 is 10.4 Å². The summed E-state index contributed by atoms with van der Waals surface area (Å²) in [6.07, 6.45) is 4.42. The number of aliphatic hydroxyl groups excluding tert-OH is 1. The first-order chi connectivity index (χ1) is 9.65. The second-order valence-electron chi connectivity index (χ2n) is 5.54. The van der Waals surface area contributed by atoms with Crippen LogP contribution in [-0.2, 0) is 6.54 Å². The fraction of sp³-hybridized carbons (Fsp3) is 0.438. The molecule has 4 nitrogen and oxygen atoms in total. The molecule has 20 heavy (non-hydrogen) atoms. The summed E-state index contributed by atoms with van der Waals surface area (Å²) in [5, 5.41) is 17.4. The fourth-order valence-corrected chi connectivity index (χ4v) is 2.18. The van der Waals surface area contributed by atoms with Crippen molar-refractivity contribution in [3.05, 3.63) is 48.3 Å². The Morgan fingerprint density at radius 3 is 2.70 bits per heavy atom. The van der Waals surface area contributed by atoms with Gasteiger partial charge in [-0.25, -0.2) is 4.68 Å². The van der Waals surface area contributed by atoms with Crippen LogP contribution in [0.2, 0.25) is 0 Å². The highest BCUT2D eigenvalue weighted by Gasteiger charge is 2.06. The number of hydrogen-bond acceptors (Lipinski definition) is 3. The van der Waals surface area contributed by atoms with E-state index in [9.17, 15) is 5.11 Å². The molecular formula is C16H23N3O. The first-order valence-electron chi connectivity index (χ1n) is 7.13. The Labute approximate surface area is 120 Å². The summed E-state index contributed by atoms with van der Waals surface area (Å²) in [6.45, 7) is 5.58. The van der Waals surface area contributed by atoms with Crippen LogP contribution in [0.1, 0.15) is 25.8 Å². The number of para-hydroxylation sites is 1. The summed E-state index contributed by atoms with van der Waals surface area (Å²) in [6, 6.07) is 10.0. The molecule has 2 aromatic rings. The Bertz CT molecular complexity index is 507. The average Bonchev–Trinajstić information content (AvgIpc) is 2.88. The van der Waals surface area contributed by atoms with Gasteiger partial charge in [0.05, 0.1) is 18.0 Å². The summed E-state index contributed by atoms with van der Waals surface area (Å²) in [5.74, 6) is 0.521. The maximum atomic E-state index is 9.80. The molecule has 4 heteroatoms. The third-order valence-electron chi connectivity index (χ3n) is 3.11. The molecule has 0 radical (unpaired) electrons. The normalized spacial score (nSPS) is 12.8. The van der Waals surface area contributed by atoms with E-state index in [-0.39, 0.29) is 6.10 Å². The highest BCUT2D eigenvalue weighted by atomic mass is 16.3. The topological polar surface area (TPSA) is 50.1 Å². The Balaban J connectivity index is 1.82. The second kappa shape index (κ2) is 7.22. The second-order valence-corrected chi connectivity index (χ2v) is 5.54. The average molecular weight is 273 g/mol. The molecular weight excluding hydrogens is 250 g/mol. The first kappa shape index (κ1) is 14.8. The van der Waals surface area contributed by atoms with Gasteiger partial charge in [-0.2, -0.15) is 5.10 Å². The van der Waals surface area contributed by atoms with Gasteiger partial charge in [0.2, 0.25) is 0 Å². The van der Waals surface area contributed by atoms with Gasteiger partial charge in [-0.15, -0.1) is 0 Å². The van der Waals surface area contributed by atoms with Crippen LogP contribution in [-0.4, -0.2) is 27.5 Å². The van der Waals surface area contributed by atoms with E-state index in [1.165, 1.54) is 0 Å². The van der Waals surface area contributed by atoms with Crippen LogP contribution < -0.4 is 5.32 Å². The van der Waals surface area contributed by atoms with Crippen molar-refractivity contribution in [1.82, 2.24) is 15.1 Å². The molecule has 0 bridgehead atoms. The zero-order valence-electron chi connectivity index (χ0n) is 12.2. The van der Waals surface area contributed by atoms with Gasteiger partial charge in [0.25, 0.3) is 0 Å². The van der Waals surface area contributed by atoms with Crippen molar-refractivity contribution < 1.29 is 5.11 Å². The van der Waals surface area contributed by atoms with E-state index in [0.717, 1.165) is 24.2 Å². The number of benzene rings is 1. The molecule has 1 aromatic carbocycles. The zero-order chi connectivity index (χ0) is 14.4. The van der Waals surface area contributed by atoms with E-state index >= 15 is 0 Å². The predicted octanol–water partition coefficient (Wildman–Crippen LogP) is 2.37. The van der Waals surface area contributed by atoms with E-state index in [2.05, 4.69) is 24.3 Å². The van der Waals surface area contributed by atoms with E-state index in [0.29, 0.717) is 12.5 Å². The summed E-state index contributed by atoms with van der Waals surface area (Å²) in [4.78, 5) is 0. The van der Waals surface area contributed by atoms with Gasteiger partial charge in [-0.3, -0.25) is 0 Å². The molecule has 2 rings (SSSR count). The minimum atomic E-state index is -0.279. The maximum Gasteiger partial charge on any atom is 0.0667 e. The summed E-state index contributed by atoms with van der Waals surface area (Å²) >= 11 is 0. The molecule has 1 atom stereocenters. The van der Waals surface area contributed by atoms with E-state index in [1.807, 2.05) is 47.4 Å². The molecule has 1 heterocycles. The Morgan fingerprint density at radius 2 is 2.00 bits per heavy atom. The van der Waals surface area contributed by atoms with Gasteiger partial charge in [-0.05, 0) is 24.5 Å². The molecule has 1 aromatic heterocycles. The molecule has 0 spiro atoms. The lowest BCUT2D eigenvalue weighted by Crippen LogP contribution is -2.27. The van der Waals surface area contributed by atoms with Gasteiger partial charge in [0.1, 0.15) is 0 Å². The minimum Gasteiger partial charge on any atom is -0.392 e. The smallest absolute Gasteiger partial charge is 0.0667 e. The minimum absolute atomic E-state index is 0.279. The lowest BCUT2D eigenvalue weighted by Gasteiger charge is -2.13. The van der Waals surface area contributed by atoms with Crippen molar-refractivity contribution in [2.24, 2.45) is 5.92 Å². The van der Waals surface area contributed by atoms with Crippen molar-refractivity contribution in [2.45, 2.75) is 32.9 Å². The monoisotopic (exact) mass is 273 g/mol. The Kier molecular flexibility index (Phi) is 5.32. The molecule has 0 saturated heterocycles. The molecule has 0 fully saturated rings. The number of nitrogens with zero attached hydrogens (tertiary/aromatic N) is 2. The highest BCUT2D eigenvalue weighted by Crippen LogP contribution is 2.08. The predicted molar refractivity (Wildman–Crippen MR) is 80.7 cm³/mol. The SMILES string of the molecule is CC(C)CC(O)CNCc1cnn(-c2ccccc2)c1. The number of rotatable bonds is 7. The van der Waals surface area contributed by atoms with Crippen LogP contribution >= 0.6 is 0 Å². The van der Waals surface area contributed by atoms with Crippen LogP contribution in [0.5, 0.6) is 0 Å². The quantitative estimate of drug-likeness (QED) is 0.814. The lowest BCUT2D eigenvalue weighted by atomic mass is 10.1. The van der Waals surface area contributed by atoms with Crippen LogP contribution in [0.3, 0.4) is 0 Å². The number of aromatic nitrogens is 2. The van der Waals surface area contributed by atoms with Crippen LogP contribution in [0.25, 0.3) is 5.69 Å². The number of aliphatic hydroxyl groups is 1. The molecule has 1 unspecified atom stereocenters. The van der Waals surface area contributed by atoms with Crippen molar-refractivity contribution >= 4 is 0 Å². The van der Waals surface area contributed by atoms with Crippen LogP contribution in [0.15, 0.2) is 42.7 Å². The van der Waals surface area contributed by atoms with E-state index in [4.69, 9.17) is 0 Å². The van der Waals surface area contributed by atoms with Crippen LogP contribution in [0, 0.1) is 5.92 Å². The van der Waals surface area contributed by atoms with Crippen LogP contribution in [0.4, 0.5) is 0 Å². The third-order valence-corrected chi connectivity index (χ3v) is 3.11. The lowest BCUT2D eigenvalue weighted by molar-refractivity contribution is 0.146. The first-order valence-corrected chi connectivity index (χ1v) is 7.13. The summed E-state index contributed by atoms with van der Waals surface area (Å²) < 4.78 is 1.86. The summed E-state index contributed by atoms with van der Waals surface area (Å²) in [7, 11) is 0. The fourth-order valence-electron chi connectivity index (χ4n) is 2.18. The third kappa shape index (κ3) is 4.47. The summed E-state index contributed by atoms with van der Waals surface area (Å²) in [5.41, 5.74) is 2.17. The molecule has 0 amide bonds. The molecule has 0 aliphatic carbocycles. The molecule has 0 saturated carbocycles. The van der Waals surface area contributed by atoms with Gasteiger partial charge in [0.15, 0.2) is 0 Å². The Hall–Kier alpha value is -1.65. The van der Waals surface area contributed by atoms with Gasteiger partial charge in [0, 0.05) is 24.8 Å². The van der Waals surface area contributed by atoms with E-state index in [1.54, 1.807) is 0 Å².